The minimum Gasteiger partial charge on any atom is -0.481 e. The van der Waals surface area contributed by atoms with Crippen LogP contribution in [0.4, 0.5) is 0 Å². The van der Waals surface area contributed by atoms with Gasteiger partial charge in [-0.2, -0.15) is 5.10 Å². The van der Waals surface area contributed by atoms with Crippen LogP contribution >= 0.6 is 0 Å². The van der Waals surface area contributed by atoms with Gasteiger partial charge in [0, 0.05) is 31.3 Å². The van der Waals surface area contributed by atoms with Crippen molar-refractivity contribution in [1.29, 1.82) is 0 Å². The molecule has 0 bridgehead atoms. The van der Waals surface area contributed by atoms with Gasteiger partial charge in [-0.25, -0.2) is 4.68 Å². The van der Waals surface area contributed by atoms with Gasteiger partial charge in [0.15, 0.2) is 0 Å². The van der Waals surface area contributed by atoms with Crippen LogP contribution in [0.1, 0.15) is 59.4 Å². The Labute approximate surface area is 166 Å². The molecular formula is C22H29N3O3. The molecule has 1 aliphatic rings. The fourth-order valence-corrected chi connectivity index (χ4v) is 4.15. The molecule has 1 heterocycles. The number of carbonyl (C=O) groups excluding carboxylic acids is 1. The first-order valence-corrected chi connectivity index (χ1v) is 9.99. The number of aromatic nitrogens is 2. The van der Waals surface area contributed by atoms with Crippen molar-refractivity contribution in [3.8, 4) is 5.69 Å². The third-order valence-corrected chi connectivity index (χ3v) is 5.74. The first kappa shape index (κ1) is 20.1. The van der Waals surface area contributed by atoms with Crippen molar-refractivity contribution >= 4 is 11.9 Å². The fourth-order valence-electron chi connectivity index (χ4n) is 4.15. The van der Waals surface area contributed by atoms with Gasteiger partial charge in [0.05, 0.1) is 11.4 Å². The summed E-state index contributed by atoms with van der Waals surface area (Å²) in [5.74, 6) is -0.128. The maximum absolute atomic E-state index is 12.7. The Hall–Kier alpha value is -2.63. The second kappa shape index (κ2) is 8.59. The van der Waals surface area contributed by atoms with Crippen LogP contribution in [0.25, 0.3) is 5.69 Å². The number of amides is 1. The number of aliphatic carboxylic acids is 1. The van der Waals surface area contributed by atoms with Crippen LogP contribution in [-0.4, -0.2) is 45.3 Å². The van der Waals surface area contributed by atoms with Gasteiger partial charge in [-0.15, -0.1) is 0 Å². The maximum Gasteiger partial charge on any atom is 0.303 e. The Morgan fingerprint density at radius 2 is 1.82 bits per heavy atom. The molecule has 28 heavy (non-hydrogen) atoms. The lowest BCUT2D eigenvalue weighted by molar-refractivity contribution is -0.136. The summed E-state index contributed by atoms with van der Waals surface area (Å²) in [6, 6.07) is 7.49. The topological polar surface area (TPSA) is 75.4 Å². The molecule has 0 atom stereocenters. The molecule has 0 aliphatic heterocycles. The number of aryl methyl sites for hydroxylation is 1. The summed E-state index contributed by atoms with van der Waals surface area (Å²) in [6.07, 6.45) is 5.55. The average molecular weight is 383 g/mol. The third-order valence-electron chi connectivity index (χ3n) is 5.74. The number of carbonyl (C=O) groups is 2. The van der Waals surface area contributed by atoms with Crippen molar-refractivity contribution in [1.82, 2.24) is 14.7 Å². The van der Waals surface area contributed by atoms with Crippen LogP contribution in [0.2, 0.25) is 0 Å². The van der Waals surface area contributed by atoms with Crippen molar-refractivity contribution in [3.05, 3.63) is 46.8 Å². The number of carboxylic acids is 1. The van der Waals surface area contributed by atoms with E-state index in [-0.39, 0.29) is 12.3 Å². The van der Waals surface area contributed by atoms with E-state index >= 15 is 0 Å². The van der Waals surface area contributed by atoms with Crippen LogP contribution in [0.5, 0.6) is 0 Å². The lowest BCUT2D eigenvalue weighted by atomic mass is 10.1. The Morgan fingerprint density at radius 3 is 2.43 bits per heavy atom. The molecule has 1 saturated carbocycles. The number of carboxylic acid groups (broad SMARTS) is 1. The van der Waals surface area contributed by atoms with E-state index in [1.54, 1.807) is 0 Å². The van der Waals surface area contributed by atoms with Gasteiger partial charge < -0.3 is 10.0 Å². The van der Waals surface area contributed by atoms with Crippen LogP contribution in [0.15, 0.2) is 24.3 Å². The highest BCUT2D eigenvalue weighted by molar-refractivity contribution is 5.94. The Bertz CT molecular complexity index is 849. The van der Waals surface area contributed by atoms with Gasteiger partial charge >= 0.3 is 5.97 Å². The van der Waals surface area contributed by atoms with Gasteiger partial charge in [0.2, 0.25) is 0 Å². The van der Waals surface area contributed by atoms with Crippen molar-refractivity contribution in [2.24, 2.45) is 5.92 Å². The molecule has 6 heteroatoms. The van der Waals surface area contributed by atoms with E-state index in [0.717, 1.165) is 29.2 Å². The second-order valence-corrected chi connectivity index (χ2v) is 7.84. The molecule has 1 fully saturated rings. The highest BCUT2D eigenvalue weighted by Gasteiger charge is 2.20. The van der Waals surface area contributed by atoms with Crippen LogP contribution < -0.4 is 0 Å². The lowest BCUT2D eigenvalue weighted by Crippen LogP contribution is -2.31. The zero-order valence-corrected chi connectivity index (χ0v) is 16.9. The van der Waals surface area contributed by atoms with Gasteiger partial charge in [0.25, 0.3) is 5.91 Å². The predicted molar refractivity (Wildman–Crippen MR) is 108 cm³/mol. The lowest BCUT2D eigenvalue weighted by Gasteiger charge is -2.21. The number of benzene rings is 1. The van der Waals surface area contributed by atoms with Gasteiger partial charge in [0.1, 0.15) is 0 Å². The van der Waals surface area contributed by atoms with Gasteiger partial charge in [-0.3, -0.25) is 9.59 Å². The molecule has 2 aromatic rings. The number of nitrogens with zero attached hydrogens (tertiary/aromatic N) is 3. The standard InChI is InChI=1S/C22H29N3O3/c1-15-20(12-13-21(26)27)16(2)25(23-15)19-10-8-18(9-11-19)22(28)24(3)14-17-6-4-5-7-17/h8-11,17H,4-7,12-14H2,1-3H3,(H,26,27). The number of hydrogen-bond donors (Lipinski definition) is 1. The monoisotopic (exact) mass is 383 g/mol. The summed E-state index contributed by atoms with van der Waals surface area (Å²) in [5.41, 5.74) is 4.30. The molecule has 0 spiro atoms. The van der Waals surface area contributed by atoms with Gasteiger partial charge in [-0.1, -0.05) is 12.8 Å². The molecule has 0 saturated heterocycles. The third kappa shape index (κ3) is 4.43. The van der Waals surface area contributed by atoms with Crippen molar-refractivity contribution < 1.29 is 14.7 Å². The molecule has 1 aliphatic carbocycles. The molecular weight excluding hydrogens is 354 g/mol. The van der Waals surface area contributed by atoms with E-state index in [4.69, 9.17) is 5.11 Å². The Balaban J connectivity index is 1.72. The van der Waals surface area contributed by atoms with E-state index in [2.05, 4.69) is 5.10 Å². The van der Waals surface area contributed by atoms with E-state index < -0.39 is 5.97 Å². The second-order valence-electron chi connectivity index (χ2n) is 7.84. The minimum absolute atomic E-state index is 0.0500. The van der Waals surface area contributed by atoms with Crippen molar-refractivity contribution in [2.75, 3.05) is 13.6 Å². The molecule has 0 radical (unpaired) electrons. The molecule has 1 N–H and O–H groups in total. The molecule has 3 rings (SSSR count). The largest absolute Gasteiger partial charge is 0.481 e. The van der Waals surface area contributed by atoms with Crippen molar-refractivity contribution in [2.45, 2.75) is 52.4 Å². The Kier molecular flexibility index (Phi) is 6.17. The fraction of sp³-hybridized carbons (Fsp3) is 0.500. The molecule has 6 nitrogen and oxygen atoms in total. The first-order valence-electron chi connectivity index (χ1n) is 9.99. The Morgan fingerprint density at radius 1 is 1.18 bits per heavy atom. The quantitative estimate of drug-likeness (QED) is 0.790. The molecule has 1 aromatic carbocycles. The summed E-state index contributed by atoms with van der Waals surface area (Å²) < 4.78 is 1.82. The molecule has 150 valence electrons. The van der Waals surface area contributed by atoms with Crippen LogP contribution in [0.3, 0.4) is 0 Å². The molecule has 0 unspecified atom stereocenters. The summed E-state index contributed by atoms with van der Waals surface area (Å²) in [6.45, 7) is 4.67. The smallest absolute Gasteiger partial charge is 0.303 e. The van der Waals surface area contributed by atoms with E-state index in [0.29, 0.717) is 17.9 Å². The van der Waals surface area contributed by atoms with Gasteiger partial charge in [-0.05, 0) is 68.9 Å². The zero-order chi connectivity index (χ0) is 20.3. The molecule has 1 amide bonds. The highest BCUT2D eigenvalue weighted by Crippen LogP contribution is 2.26. The average Bonchev–Trinajstić information content (AvgIpc) is 3.27. The van der Waals surface area contributed by atoms with Crippen LogP contribution in [0, 0.1) is 19.8 Å². The summed E-state index contributed by atoms with van der Waals surface area (Å²) in [4.78, 5) is 25.4. The maximum atomic E-state index is 12.7. The highest BCUT2D eigenvalue weighted by atomic mass is 16.4. The summed E-state index contributed by atoms with van der Waals surface area (Å²) >= 11 is 0. The van der Waals surface area contributed by atoms with Crippen LogP contribution in [-0.2, 0) is 11.2 Å². The SMILES string of the molecule is Cc1nn(-c2ccc(C(=O)N(C)CC3CCCC3)cc2)c(C)c1CCC(=O)O. The first-order chi connectivity index (χ1) is 13.4. The van der Waals surface area contributed by atoms with Crippen molar-refractivity contribution in [3.63, 3.8) is 0 Å². The van der Waals surface area contributed by atoms with E-state index in [1.807, 2.05) is 54.7 Å². The zero-order valence-electron chi connectivity index (χ0n) is 16.9. The van der Waals surface area contributed by atoms with E-state index in [9.17, 15) is 9.59 Å². The summed E-state index contributed by atoms with van der Waals surface area (Å²) in [5, 5.41) is 13.5. The number of rotatable bonds is 7. The number of hydrogen-bond acceptors (Lipinski definition) is 3. The summed E-state index contributed by atoms with van der Waals surface area (Å²) in [7, 11) is 1.88. The normalized spacial score (nSPS) is 14.4. The molecule has 1 aromatic heterocycles. The van der Waals surface area contributed by atoms with E-state index in [1.165, 1.54) is 25.7 Å². The minimum atomic E-state index is -0.809. The predicted octanol–water partition coefficient (Wildman–Crippen LogP) is 3.77.